The van der Waals surface area contributed by atoms with E-state index in [4.69, 9.17) is 0 Å². The fourth-order valence-electron chi connectivity index (χ4n) is 2.62. The largest absolute Gasteiger partial charge is 0.299 e. The van der Waals surface area contributed by atoms with E-state index in [1.54, 1.807) is 0 Å². The quantitative estimate of drug-likeness (QED) is 0.510. The van der Waals surface area contributed by atoms with Gasteiger partial charge in [-0.2, -0.15) is 0 Å². The Balaban J connectivity index is 2.49. The van der Waals surface area contributed by atoms with Gasteiger partial charge in [0.05, 0.1) is 0 Å². The van der Waals surface area contributed by atoms with Crippen LogP contribution in [0.3, 0.4) is 0 Å². The van der Waals surface area contributed by atoms with Crippen molar-refractivity contribution in [2.24, 2.45) is 17.8 Å². The van der Waals surface area contributed by atoms with Gasteiger partial charge in [0.25, 0.3) is 0 Å². The molecule has 0 aromatic carbocycles. The fourth-order valence-corrected chi connectivity index (χ4v) is 2.62. The Morgan fingerprint density at radius 1 is 1.44 bits per heavy atom. The normalized spacial score (nSPS) is 28.6. The smallest absolute Gasteiger partial charge is 0.136 e. The molecule has 0 amide bonds. The van der Waals surface area contributed by atoms with Gasteiger partial charge in [-0.1, -0.05) is 19.4 Å². The molecule has 1 heteroatoms. The molecule has 0 bridgehead atoms. The van der Waals surface area contributed by atoms with Crippen molar-refractivity contribution in [3.05, 3.63) is 12.2 Å². The zero-order valence-electron chi connectivity index (χ0n) is 11.1. The molecule has 1 fully saturated rings. The van der Waals surface area contributed by atoms with Gasteiger partial charge in [-0.05, 0) is 50.9 Å². The summed E-state index contributed by atoms with van der Waals surface area (Å²) in [5.41, 5.74) is 1.24. The first-order chi connectivity index (χ1) is 7.50. The maximum Gasteiger partial charge on any atom is 0.136 e. The van der Waals surface area contributed by atoms with E-state index in [9.17, 15) is 4.79 Å². The number of carbonyl (C=O) groups is 1. The topological polar surface area (TPSA) is 17.1 Å². The third kappa shape index (κ3) is 4.11. The standard InChI is InChI=1S/C15H26O/c1-11(2)5-8-13(4)14-9-6-12(3)7-10-15(14)16/h12-14H,1,5-10H2,2-4H3/t12-,13+,14+/m1/s1. The molecule has 3 atom stereocenters. The van der Waals surface area contributed by atoms with Crippen LogP contribution in [-0.2, 0) is 4.79 Å². The van der Waals surface area contributed by atoms with Crippen molar-refractivity contribution >= 4 is 5.78 Å². The maximum atomic E-state index is 12.0. The predicted octanol–water partition coefficient (Wildman–Crippen LogP) is 4.37. The van der Waals surface area contributed by atoms with Crippen LogP contribution < -0.4 is 0 Å². The lowest BCUT2D eigenvalue weighted by Gasteiger charge is -2.21. The molecule has 0 saturated heterocycles. The molecule has 1 saturated carbocycles. The Hall–Kier alpha value is -0.590. The monoisotopic (exact) mass is 222 g/mol. The van der Waals surface area contributed by atoms with Crippen molar-refractivity contribution in [3.63, 3.8) is 0 Å². The molecule has 0 aliphatic heterocycles. The van der Waals surface area contributed by atoms with Crippen LogP contribution in [0.15, 0.2) is 12.2 Å². The molecule has 0 radical (unpaired) electrons. The fraction of sp³-hybridized carbons (Fsp3) is 0.800. The molecular weight excluding hydrogens is 196 g/mol. The van der Waals surface area contributed by atoms with E-state index in [0.29, 0.717) is 17.6 Å². The van der Waals surface area contributed by atoms with Crippen molar-refractivity contribution in [1.29, 1.82) is 0 Å². The lowest BCUT2D eigenvalue weighted by atomic mass is 9.83. The van der Waals surface area contributed by atoms with Gasteiger partial charge in [0.1, 0.15) is 5.78 Å². The summed E-state index contributed by atoms with van der Waals surface area (Å²) in [7, 11) is 0. The van der Waals surface area contributed by atoms with Gasteiger partial charge >= 0.3 is 0 Å². The SMILES string of the molecule is C=C(C)CC[C@H](C)[C@@H]1CC[C@@H](C)CCC1=O. The number of ketones is 1. The minimum atomic E-state index is 0.323. The highest BCUT2D eigenvalue weighted by atomic mass is 16.1. The van der Waals surface area contributed by atoms with E-state index < -0.39 is 0 Å². The molecule has 0 spiro atoms. The Morgan fingerprint density at radius 3 is 2.75 bits per heavy atom. The maximum absolute atomic E-state index is 12.0. The van der Waals surface area contributed by atoms with Crippen molar-refractivity contribution in [2.75, 3.05) is 0 Å². The lowest BCUT2D eigenvalue weighted by molar-refractivity contribution is -0.124. The van der Waals surface area contributed by atoms with Crippen LogP contribution in [0.5, 0.6) is 0 Å². The van der Waals surface area contributed by atoms with Crippen LogP contribution in [0.4, 0.5) is 0 Å². The molecule has 1 rings (SSSR count). The molecule has 1 aliphatic rings. The molecule has 16 heavy (non-hydrogen) atoms. The molecule has 0 aromatic rings. The van der Waals surface area contributed by atoms with Crippen molar-refractivity contribution in [1.82, 2.24) is 0 Å². The molecule has 0 N–H and O–H groups in total. The third-order valence-electron chi connectivity index (χ3n) is 3.98. The Morgan fingerprint density at radius 2 is 2.12 bits per heavy atom. The van der Waals surface area contributed by atoms with E-state index in [1.165, 1.54) is 12.0 Å². The highest BCUT2D eigenvalue weighted by Gasteiger charge is 2.27. The Bertz CT molecular complexity index is 254. The summed E-state index contributed by atoms with van der Waals surface area (Å²) < 4.78 is 0. The highest BCUT2D eigenvalue weighted by Crippen LogP contribution is 2.31. The highest BCUT2D eigenvalue weighted by molar-refractivity contribution is 5.81. The van der Waals surface area contributed by atoms with Gasteiger partial charge in [0, 0.05) is 12.3 Å². The summed E-state index contributed by atoms with van der Waals surface area (Å²) in [6.45, 7) is 10.5. The first kappa shape index (κ1) is 13.5. The van der Waals surface area contributed by atoms with Gasteiger partial charge in [-0.3, -0.25) is 4.79 Å². The van der Waals surface area contributed by atoms with Crippen LogP contribution in [0.25, 0.3) is 0 Å². The number of rotatable bonds is 4. The van der Waals surface area contributed by atoms with E-state index in [-0.39, 0.29) is 0 Å². The van der Waals surface area contributed by atoms with Crippen LogP contribution in [-0.4, -0.2) is 5.78 Å². The van der Waals surface area contributed by atoms with Gasteiger partial charge in [-0.25, -0.2) is 0 Å². The van der Waals surface area contributed by atoms with Crippen LogP contribution in [0.2, 0.25) is 0 Å². The van der Waals surface area contributed by atoms with E-state index in [1.807, 2.05) is 0 Å². The summed E-state index contributed by atoms with van der Waals surface area (Å²) in [4.78, 5) is 12.0. The average molecular weight is 222 g/mol. The minimum Gasteiger partial charge on any atom is -0.299 e. The first-order valence-electron chi connectivity index (χ1n) is 6.67. The summed E-state index contributed by atoms with van der Waals surface area (Å²) in [6, 6.07) is 0. The molecule has 92 valence electrons. The van der Waals surface area contributed by atoms with Crippen molar-refractivity contribution in [2.45, 2.75) is 59.3 Å². The number of hydrogen-bond donors (Lipinski definition) is 0. The Labute approximate surface area is 100 Å². The molecular formula is C15H26O. The molecule has 0 heterocycles. The van der Waals surface area contributed by atoms with Gasteiger partial charge in [0.2, 0.25) is 0 Å². The van der Waals surface area contributed by atoms with Crippen molar-refractivity contribution in [3.8, 4) is 0 Å². The number of hydrogen-bond acceptors (Lipinski definition) is 1. The lowest BCUT2D eigenvalue weighted by Crippen LogP contribution is -2.20. The molecule has 1 aliphatic carbocycles. The zero-order chi connectivity index (χ0) is 12.1. The van der Waals surface area contributed by atoms with Gasteiger partial charge in [0.15, 0.2) is 0 Å². The second-order valence-electron chi connectivity index (χ2n) is 5.77. The van der Waals surface area contributed by atoms with Gasteiger partial charge < -0.3 is 0 Å². The van der Waals surface area contributed by atoms with E-state index >= 15 is 0 Å². The number of carbonyl (C=O) groups excluding carboxylic acids is 1. The molecule has 0 aromatic heterocycles. The summed E-state index contributed by atoms with van der Waals surface area (Å²) >= 11 is 0. The molecule has 1 nitrogen and oxygen atoms in total. The van der Waals surface area contributed by atoms with Crippen LogP contribution in [0.1, 0.15) is 59.3 Å². The summed E-state index contributed by atoms with van der Waals surface area (Å²) in [6.07, 6.45) is 6.44. The zero-order valence-corrected chi connectivity index (χ0v) is 11.1. The van der Waals surface area contributed by atoms with Crippen molar-refractivity contribution < 1.29 is 4.79 Å². The number of allylic oxidation sites excluding steroid dienone is 1. The van der Waals surface area contributed by atoms with Gasteiger partial charge in [-0.15, -0.1) is 6.58 Å². The van der Waals surface area contributed by atoms with Crippen LogP contribution >= 0.6 is 0 Å². The van der Waals surface area contributed by atoms with E-state index in [2.05, 4.69) is 27.4 Å². The first-order valence-corrected chi connectivity index (χ1v) is 6.67. The molecule has 0 unspecified atom stereocenters. The van der Waals surface area contributed by atoms with E-state index in [0.717, 1.165) is 38.0 Å². The summed E-state index contributed by atoms with van der Waals surface area (Å²) in [5.74, 6) is 2.11. The second kappa shape index (κ2) is 6.22. The minimum absolute atomic E-state index is 0.323. The predicted molar refractivity (Wildman–Crippen MR) is 69.3 cm³/mol. The average Bonchev–Trinajstić information content (AvgIpc) is 2.38. The van der Waals surface area contributed by atoms with Crippen LogP contribution in [0, 0.1) is 17.8 Å². The Kier molecular flexibility index (Phi) is 5.24. The number of Topliss-reactive ketones (excluding diaryl/α,β-unsaturated/α-hetero) is 1. The summed E-state index contributed by atoms with van der Waals surface area (Å²) in [5, 5.41) is 0. The third-order valence-corrected chi connectivity index (χ3v) is 3.98. The second-order valence-corrected chi connectivity index (χ2v) is 5.77.